The lowest BCUT2D eigenvalue weighted by molar-refractivity contribution is 0.201. The van der Waals surface area contributed by atoms with Crippen LogP contribution >= 0.6 is 11.6 Å². The molecule has 78 valence electrons. The normalized spacial score (nSPS) is 12.6. The second-order valence-corrected chi connectivity index (χ2v) is 3.66. The van der Waals surface area contributed by atoms with Crippen molar-refractivity contribution in [3.63, 3.8) is 0 Å². The highest BCUT2D eigenvalue weighted by Crippen LogP contribution is 2.21. The molecule has 1 rings (SSSR count). The largest absolute Gasteiger partial charge is 0.396 e. The number of likely N-dealkylation sites (N-methyl/N-ethyl adjacent to an activating group) is 1. The predicted octanol–water partition coefficient (Wildman–Crippen LogP) is 1.13. The van der Waals surface area contributed by atoms with Gasteiger partial charge >= 0.3 is 0 Å². The molecule has 0 radical (unpaired) electrons. The highest BCUT2D eigenvalue weighted by Gasteiger charge is 2.09. The van der Waals surface area contributed by atoms with Gasteiger partial charge in [0.05, 0.1) is 11.8 Å². The molecule has 14 heavy (non-hydrogen) atoms. The summed E-state index contributed by atoms with van der Waals surface area (Å²) in [4.78, 5) is 5.85. The molecule has 4 nitrogen and oxygen atoms in total. The summed E-state index contributed by atoms with van der Waals surface area (Å²) < 4.78 is 0. The molecule has 1 aromatic heterocycles. The third kappa shape index (κ3) is 2.75. The Labute approximate surface area is 88.3 Å². The van der Waals surface area contributed by atoms with Crippen LogP contribution < -0.4 is 10.6 Å². The maximum absolute atomic E-state index is 9.20. The summed E-state index contributed by atoms with van der Waals surface area (Å²) in [5, 5.41) is 9.60. The molecule has 1 aromatic rings. The fourth-order valence-electron chi connectivity index (χ4n) is 1.22. The summed E-state index contributed by atoms with van der Waals surface area (Å²) in [6.45, 7) is 2.18. The third-order valence-corrected chi connectivity index (χ3v) is 1.98. The Bertz CT molecular complexity index is 317. The molecule has 0 bridgehead atoms. The number of aliphatic hydroxyl groups is 1. The number of halogens is 1. The topological polar surface area (TPSA) is 62.4 Å². The summed E-state index contributed by atoms with van der Waals surface area (Å²) in [5.41, 5.74) is 6.27. The Balaban J connectivity index is 2.88. The van der Waals surface area contributed by atoms with Crippen molar-refractivity contribution in [2.24, 2.45) is 0 Å². The van der Waals surface area contributed by atoms with Gasteiger partial charge in [-0.25, -0.2) is 4.98 Å². The summed E-state index contributed by atoms with van der Waals surface area (Å²) >= 11 is 5.74. The fourth-order valence-corrected chi connectivity index (χ4v) is 1.37. The number of nitrogen functional groups attached to an aromatic ring is 1. The first kappa shape index (κ1) is 11.1. The number of pyridine rings is 1. The van der Waals surface area contributed by atoms with E-state index in [1.54, 1.807) is 24.0 Å². The van der Waals surface area contributed by atoms with E-state index in [2.05, 4.69) is 4.98 Å². The van der Waals surface area contributed by atoms with Gasteiger partial charge in [-0.05, 0) is 19.1 Å². The first-order valence-electron chi connectivity index (χ1n) is 4.32. The molecule has 1 atom stereocenters. The highest BCUT2D eigenvalue weighted by atomic mass is 35.5. The Morgan fingerprint density at radius 2 is 2.29 bits per heavy atom. The SMILES string of the molecule is CC(O)CN(C)c1nc(Cl)ccc1N. The van der Waals surface area contributed by atoms with Gasteiger partial charge in [0, 0.05) is 13.6 Å². The molecule has 0 fully saturated rings. The minimum Gasteiger partial charge on any atom is -0.396 e. The Morgan fingerprint density at radius 3 is 2.86 bits per heavy atom. The van der Waals surface area contributed by atoms with E-state index in [1.165, 1.54) is 0 Å². The van der Waals surface area contributed by atoms with Crippen molar-refractivity contribution < 1.29 is 5.11 Å². The van der Waals surface area contributed by atoms with E-state index < -0.39 is 6.10 Å². The summed E-state index contributed by atoms with van der Waals surface area (Å²) in [6.07, 6.45) is -0.430. The van der Waals surface area contributed by atoms with Gasteiger partial charge in [0.25, 0.3) is 0 Å². The van der Waals surface area contributed by atoms with Gasteiger partial charge in [-0.15, -0.1) is 0 Å². The molecule has 0 aromatic carbocycles. The monoisotopic (exact) mass is 215 g/mol. The lowest BCUT2D eigenvalue weighted by Crippen LogP contribution is -2.28. The molecule has 1 unspecified atom stereocenters. The van der Waals surface area contributed by atoms with Gasteiger partial charge in [-0.1, -0.05) is 11.6 Å². The number of aromatic nitrogens is 1. The zero-order chi connectivity index (χ0) is 10.7. The first-order valence-corrected chi connectivity index (χ1v) is 4.69. The van der Waals surface area contributed by atoms with Crippen LogP contribution in [0.25, 0.3) is 0 Å². The van der Waals surface area contributed by atoms with Crippen molar-refractivity contribution in [3.8, 4) is 0 Å². The van der Waals surface area contributed by atoms with Gasteiger partial charge in [0.2, 0.25) is 0 Å². The van der Waals surface area contributed by atoms with Crippen LogP contribution in [-0.4, -0.2) is 29.8 Å². The van der Waals surface area contributed by atoms with E-state index in [4.69, 9.17) is 17.3 Å². The molecule has 0 aliphatic carbocycles. The molecule has 5 heteroatoms. The quantitative estimate of drug-likeness (QED) is 0.743. The second kappa shape index (κ2) is 4.48. The minimum atomic E-state index is -0.430. The summed E-state index contributed by atoms with van der Waals surface area (Å²) in [6, 6.07) is 3.33. The van der Waals surface area contributed by atoms with Crippen molar-refractivity contribution >= 4 is 23.1 Å². The lowest BCUT2D eigenvalue weighted by Gasteiger charge is -2.21. The van der Waals surface area contributed by atoms with Crippen molar-refractivity contribution in [2.45, 2.75) is 13.0 Å². The van der Waals surface area contributed by atoms with E-state index in [9.17, 15) is 5.11 Å². The number of rotatable bonds is 3. The zero-order valence-corrected chi connectivity index (χ0v) is 8.99. The molecule has 0 aliphatic heterocycles. The Hall–Kier alpha value is -1.00. The third-order valence-electron chi connectivity index (χ3n) is 1.77. The van der Waals surface area contributed by atoms with Crippen molar-refractivity contribution in [2.75, 3.05) is 24.2 Å². The van der Waals surface area contributed by atoms with Crippen LogP contribution in [0.1, 0.15) is 6.92 Å². The Morgan fingerprint density at radius 1 is 1.64 bits per heavy atom. The Kier molecular flexibility index (Phi) is 3.55. The first-order chi connectivity index (χ1) is 6.50. The molecule has 0 saturated heterocycles. The highest BCUT2D eigenvalue weighted by molar-refractivity contribution is 6.29. The fraction of sp³-hybridized carbons (Fsp3) is 0.444. The molecule has 1 heterocycles. The number of hydrogen-bond acceptors (Lipinski definition) is 4. The van der Waals surface area contributed by atoms with Crippen LogP contribution in [-0.2, 0) is 0 Å². The van der Waals surface area contributed by atoms with Gasteiger partial charge in [-0.3, -0.25) is 0 Å². The van der Waals surface area contributed by atoms with E-state index in [1.807, 2.05) is 7.05 Å². The van der Waals surface area contributed by atoms with Crippen molar-refractivity contribution in [3.05, 3.63) is 17.3 Å². The van der Waals surface area contributed by atoms with E-state index in [-0.39, 0.29) is 0 Å². The molecule has 0 aliphatic rings. The van der Waals surface area contributed by atoms with Crippen molar-refractivity contribution in [1.29, 1.82) is 0 Å². The lowest BCUT2D eigenvalue weighted by atomic mass is 10.3. The number of hydrogen-bond donors (Lipinski definition) is 2. The van der Waals surface area contributed by atoms with E-state index in [0.29, 0.717) is 23.2 Å². The molecular formula is C9H14ClN3O. The zero-order valence-electron chi connectivity index (χ0n) is 8.24. The van der Waals surface area contributed by atoms with Crippen LogP contribution in [0.4, 0.5) is 11.5 Å². The number of nitrogens with two attached hydrogens (primary N) is 1. The molecule has 0 spiro atoms. The predicted molar refractivity (Wildman–Crippen MR) is 58.6 cm³/mol. The molecule has 0 amide bonds. The maximum atomic E-state index is 9.20. The number of anilines is 2. The molecule has 0 saturated carbocycles. The van der Waals surface area contributed by atoms with Crippen LogP contribution in [0.15, 0.2) is 12.1 Å². The van der Waals surface area contributed by atoms with Gasteiger partial charge in [0.15, 0.2) is 5.82 Å². The van der Waals surface area contributed by atoms with Crippen LogP contribution in [0.5, 0.6) is 0 Å². The van der Waals surface area contributed by atoms with Gasteiger partial charge in [-0.2, -0.15) is 0 Å². The summed E-state index contributed by atoms with van der Waals surface area (Å²) in [5.74, 6) is 0.596. The van der Waals surface area contributed by atoms with E-state index >= 15 is 0 Å². The average Bonchev–Trinajstić information content (AvgIpc) is 2.08. The average molecular weight is 216 g/mol. The standard InChI is InChI=1S/C9H14ClN3O/c1-6(14)5-13(2)9-7(11)3-4-8(10)12-9/h3-4,6,14H,5,11H2,1-2H3. The number of aliphatic hydroxyl groups excluding tert-OH is 1. The van der Waals surface area contributed by atoms with Crippen LogP contribution in [0.2, 0.25) is 5.15 Å². The van der Waals surface area contributed by atoms with Crippen LogP contribution in [0.3, 0.4) is 0 Å². The van der Waals surface area contributed by atoms with E-state index in [0.717, 1.165) is 0 Å². The van der Waals surface area contributed by atoms with Crippen molar-refractivity contribution in [1.82, 2.24) is 4.98 Å². The minimum absolute atomic E-state index is 0.395. The summed E-state index contributed by atoms with van der Waals surface area (Å²) in [7, 11) is 1.81. The molecular weight excluding hydrogens is 202 g/mol. The maximum Gasteiger partial charge on any atom is 0.153 e. The van der Waals surface area contributed by atoms with Gasteiger partial charge < -0.3 is 15.7 Å². The van der Waals surface area contributed by atoms with Crippen LogP contribution in [0, 0.1) is 0 Å². The number of nitrogens with zero attached hydrogens (tertiary/aromatic N) is 2. The van der Waals surface area contributed by atoms with Gasteiger partial charge in [0.1, 0.15) is 5.15 Å². The second-order valence-electron chi connectivity index (χ2n) is 3.28. The smallest absolute Gasteiger partial charge is 0.153 e. The molecule has 3 N–H and O–H groups in total.